The first-order valence-electron chi connectivity index (χ1n) is 5.86. The fourth-order valence-electron chi connectivity index (χ4n) is 1.77. The van der Waals surface area contributed by atoms with Crippen molar-refractivity contribution in [3.8, 4) is 0 Å². The van der Waals surface area contributed by atoms with Crippen molar-refractivity contribution in [2.45, 2.75) is 26.3 Å². The second-order valence-corrected chi connectivity index (χ2v) is 5.30. The van der Waals surface area contributed by atoms with Gasteiger partial charge in [0.25, 0.3) is 0 Å². The Morgan fingerprint density at radius 2 is 1.76 bits per heavy atom. The number of hydrogen-bond donors (Lipinski definition) is 0. The highest BCUT2D eigenvalue weighted by molar-refractivity contribution is 6.30. The van der Waals surface area contributed by atoms with Crippen LogP contribution >= 0.6 is 11.6 Å². The first-order chi connectivity index (χ1) is 7.91. The van der Waals surface area contributed by atoms with Crippen LogP contribution in [-0.2, 0) is 11.2 Å². The Balaban J connectivity index is 2.80. The molecule has 0 aliphatic carbocycles. The Kier molecular flexibility index (Phi) is 5.16. The molecule has 94 valence electrons. The van der Waals surface area contributed by atoms with Crippen molar-refractivity contribution in [1.29, 1.82) is 0 Å². The zero-order valence-electron chi connectivity index (χ0n) is 10.9. The molecular weight excluding hydrogens is 234 g/mol. The van der Waals surface area contributed by atoms with Crippen molar-refractivity contribution in [2.75, 3.05) is 14.1 Å². The summed E-state index contributed by atoms with van der Waals surface area (Å²) in [6.45, 7) is 3.89. The van der Waals surface area contributed by atoms with Crippen LogP contribution in [-0.4, -0.2) is 30.8 Å². The van der Waals surface area contributed by atoms with E-state index in [-0.39, 0.29) is 17.7 Å². The number of hydrogen-bond acceptors (Lipinski definition) is 2. The molecule has 0 aromatic heterocycles. The van der Waals surface area contributed by atoms with Crippen LogP contribution in [0.3, 0.4) is 0 Å². The molecule has 0 radical (unpaired) electrons. The zero-order valence-corrected chi connectivity index (χ0v) is 11.7. The van der Waals surface area contributed by atoms with E-state index in [1.54, 1.807) is 0 Å². The quantitative estimate of drug-likeness (QED) is 0.804. The van der Waals surface area contributed by atoms with E-state index in [0.29, 0.717) is 0 Å². The van der Waals surface area contributed by atoms with Gasteiger partial charge in [-0.05, 0) is 38.2 Å². The van der Waals surface area contributed by atoms with Gasteiger partial charge in [0.1, 0.15) is 0 Å². The van der Waals surface area contributed by atoms with Gasteiger partial charge in [-0.15, -0.1) is 0 Å². The molecule has 0 amide bonds. The maximum absolute atomic E-state index is 12.1. The van der Waals surface area contributed by atoms with Gasteiger partial charge in [0, 0.05) is 10.9 Å². The van der Waals surface area contributed by atoms with E-state index < -0.39 is 0 Å². The van der Waals surface area contributed by atoms with Gasteiger partial charge in [0.05, 0.1) is 6.04 Å². The van der Waals surface area contributed by atoms with E-state index in [1.165, 1.54) is 0 Å². The molecule has 0 heterocycles. The van der Waals surface area contributed by atoms with Crippen molar-refractivity contribution < 1.29 is 4.79 Å². The number of carbonyl (C=O) groups excluding carboxylic acids is 1. The van der Waals surface area contributed by atoms with E-state index in [9.17, 15) is 4.79 Å². The molecule has 0 unspecified atom stereocenters. The molecule has 1 rings (SSSR count). The number of ketones is 1. The third-order valence-electron chi connectivity index (χ3n) is 2.86. The molecule has 0 N–H and O–H groups in total. The lowest BCUT2D eigenvalue weighted by atomic mass is 9.95. The molecule has 17 heavy (non-hydrogen) atoms. The zero-order chi connectivity index (χ0) is 13.0. The van der Waals surface area contributed by atoms with Gasteiger partial charge >= 0.3 is 0 Å². The highest BCUT2D eigenvalue weighted by Gasteiger charge is 2.23. The third-order valence-corrected chi connectivity index (χ3v) is 3.12. The molecule has 1 aromatic rings. The van der Waals surface area contributed by atoms with Crippen LogP contribution in [0.25, 0.3) is 0 Å². The van der Waals surface area contributed by atoms with Crippen LogP contribution in [0.2, 0.25) is 5.02 Å². The Morgan fingerprint density at radius 3 is 2.18 bits per heavy atom. The molecule has 3 heteroatoms. The number of likely N-dealkylation sites (N-methyl/N-ethyl adjacent to an activating group) is 1. The Hall–Kier alpha value is -0.860. The molecule has 2 nitrogen and oxygen atoms in total. The molecule has 1 aromatic carbocycles. The van der Waals surface area contributed by atoms with Gasteiger partial charge in [0.2, 0.25) is 0 Å². The van der Waals surface area contributed by atoms with Gasteiger partial charge in [-0.3, -0.25) is 9.69 Å². The predicted octanol–water partition coefficient (Wildman–Crippen LogP) is 3.04. The van der Waals surface area contributed by atoms with Gasteiger partial charge in [0.15, 0.2) is 5.78 Å². The number of carbonyl (C=O) groups is 1. The molecule has 0 saturated heterocycles. The average Bonchev–Trinajstić information content (AvgIpc) is 2.26. The number of halogens is 1. The molecule has 0 saturated carbocycles. The highest BCUT2D eigenvalue weighted by Crippen LogP contribution is 2.14. The lowest BCUT2D eigenvalue weighted by Crippen LogP contribution is -2.39. The van der Waals surface area contributed by atoms with Gasteiger partial charge < -0.3 is 0 Å². The first kappa shape index (κ1) is 14.2. The SMILES string of the molecule is CC(C)C(=O)[C@@H](Cc1ccc(Cl)cc1)N(C)C. The fraction of sp³-hybridized carbons (Fsp3) is 0.500. The molecular formula is C14H20ClNO. The average molecular weight is 254 g/mol. The van der Waals surface area contributed by atoms with E-state index in [4.69, 9.17) is 11.6 Å². The summed E-state index contributed by atoms with van der Waals surface area (Å²) in [5, 5.41) is 0.727. The van der Waals surface area contributed by atoms with Gasteiger partial charge in [-0.25, -0.2) is 0 Å². The minimum Gasteiger partial charge on any atom is -0.299 e. The summed E-state index contributed by atoms with van der Waals surface area (Å²) in [5.41, 5.74) is 1.14. The smallest absolute Gasteiger partial charge is 0.152 e. The van der Waals surface area contributed by atoms with Crippen molar-refractivity contribution in [1.82, 2.24) is 4.90 Å². The van der Waals surface area contributed by atoms with Crippen molar-refractivity contribution >= 4 is 17.4 Å². The van der Waals surface area contributed by atoms with Gasteiger partial charge in [-0.2, -0.15) is 0 Å². The summed E-state index contributed by atoms with van der Waals surface area (Å²) < 4.78 is 0. The molecule has 0 spiro atoms. The molecule has 0 fully saturated rings. The maximum Gasteiger partial charge on any atom is 0.152 e. The number of rotatable bonds is 5. The van der Waals surface area contributed by atoms with Crippen molar-refractivity contribution in [3.63, 3.8) is 0 Å². The summed E-state index contributed by atoms with van der Waals surface area (Å²) in [6, 6.07) is 7.63. The van der Waals surface area contributed by atoms with Crippen LogP contribution in [0.4, 0.5) is 0 Å². The summed E-state index contributed by atoms with van der Waals surface area (Å²) in [4.78, 5) is 14.1. The Labute approximate surface area is 109 Å². The van der Waals surface area contributed by atoms with Crippen LogP contribution in [0.5, 0.6) is 0 Å². The van der Waals surface area contributed by atoms with Crippen LogP contribution in [0, 0.1) is 5.92 Å². The van der Waals surface area contributed by atoms with Crippen molar-refractivity contribution in [3.05, 3.63) is 34.9 Å². The van der Waals surface area contributed by atoms with Crippen LogP contribution < -0.4 is 0 Å². The first-order valence-corrected chi connectivity index (χ1v) is 6.24. The van der Waals surface area contributed by atoms with E-state index in [0.717, 1.165) is 17.0 Å². The Morgan fingerprint density at radius 1 is 1.24 bits per heavy atom. The van der Waals surface area contributed by atoms with Gasteiger partial charge in [-0.1, -0.05) is 37.6 Å². The number of Topliss-reactive ketones (excluding diaryl/α,β-unsaturated/α-hetero) is 1. The molecule has 0 aliphatic heterocycles. The fourth-order valence-corrected chi connectivity index (χ4v) is 1.89. The monoisotopic (exact) mass is 253 g/mol. The second-order valence-electron chi connectivity index (χ2n) is 4.87. The van der Waals surface area contributed by atoms with E-state index in [1.807, 2.05) is 57.1 Å². The predicted molar refractivity (Wildman–Crippen MR) is 72.5 cm³/mol. The summed E-state index contributed by atoms with van der Waals surface area (Å²) in [7, 11) is 3.89. The maximum atomic E-state index is 12.1. The summed E-state index contributed by atoms with van der Waals surface area (Å²) in [5.74, 6) is 0.347. The van der Waals surface area contributed by atoms with Crippen LogP contribution in [0.15, 0.2) is 24.3 Å². The Bertz CT molecular complexity index is 370. The minimum absolute atomic E-state index is 0.0591. The standard InChI is InChI=1S/C14H20ClNO/c1-10(2)14(17)13(16(3)4)9-11-5-7-12(15)8-6-11/h5-8,10,13H,9H2,1-4H3/t13-/m1/s1. The van der Waals surface area contributed by atoms with Crippen LogP contribution in [0.1, 0.15) is 19.4 Å². The van der Waals surface area contributed by atoms with Crippen molar-refractivity contribution in [2.24, 2.45) is 5.92 Å². The largest absolute Gasteiger partial charge is 0.299 e. The molecule has 0 bridgehead atoms. The van der Waals surface area contributed by atoms with E-state index in [2.05, 4.69) is 0 Å². The topological polar surface area (TPSA) is 20.3 Å². The summed E-state index contributed by atoms with van der Waals surface area (Å²) in [6.07, 6.45) is 0.737. The third kappa shape index (κ3) is 4.14. The molecule has 1 atom stereocenters. The van der Waals surface area contributed by atoms with E-state index >= 15 is 0 Å². The normalized spacial score (nSPS) is 13.1. The highest BCUT2D eigenvalue weighted by atomic mass is 35.5. The second kappa shape index (κ2) is 6.18. The summed E-state index contributed by atoms with van der Waals surface area (Å²) >= 11 is 5.85. The lowest BCUT2D eigenvalue weighted by Gasteiger charge is -2.24. The molecule has 0 aliphatic rings. The lowest BCUT2D eigenvalue weighted by molar-refractivity contribution is -0.126. The number of nitrogens with zero attached hydrogens (tertiary/aromatic N) is 1. The minimum atomic E-state index is -0.0591. The number of benzene rings is 1.